The van der Waals surface area contributed by atoms with Gasteiger partial charge in [0.1, 0.15) is 0 Å². The van der Waals surface area contributed by atoms with Gasteiger partial charge in [0.25, 0.3) is 0 Å². The van der Waals surface area contributed by atoms with Crippen LogP contribution in [-0.4, -0.2) is 16.3 Å². The molecule has 0 bridgehead atoms. The van der Waals surface area contributed by atoms with Crippen molar-refractivity contribution in [3.05, 3.63) is 49.6 Å². The van der Waals surface area contributed by atoms with Crippen molar-refractivity contribution >= 4 is 43.5 Å². The van der Waals surface area contributed by atoms with E-state index in [0.29, 0.717) is 0 Å². The molecule has 1 unspecified atom stereocenters. The molecular weight excluding hydrogens is 417 g/mol. The molecule has 0 saturated heterocycles. The highest BCUT2D eigenvalue weighted by Gasteiger charge is 2.23. The SMILES string of the molecule is CCCn1ncc(Br)c1C(NCC)c1cc(Cl)ccc1Br. The van der Waals surface area contributed by atoms with Gasteiger partial charge in [0, 0.05) is 16.0 Å². The van der Waals surface area contributed by atoms with Crippen molar-refractivity contribution in [1.82, 2.24) is 15.1 Å². The number of hydrogen-bond acceptors (Lipinski definition) is 2. The van der Waals surface area contributed by atoms with Crippen LogP contribution in [0.25, 0.3) is 0 Å². The molecule has 1 aromatic heterocycles. The second-order valence-electron chi connectivity index (χ2n) is 4.76. The van der Waals surface area contributed by atoms with Crippen LogP contribution in [0.1, 0.15) is 37.6 Å². The minimum Gasteiger partial charge on any atom is -0.305 e. The van der Waals surface area contributed by atoms with Gasteiger partial charge in [-0.1, -0.05) is 41.4 Å². The van der Waals surface area contributed by atoms with Crippen LogP contribution in [0.3, 0.4) is 0 Å². The molecule has 1 aromatic carbocycles. The summed E-state index contributed by atoms with van der Waals surface area (Å²) in [6, 6.07) is 5.90. The predicted molar refractivity (Wildman–Crippen MR) is 94.9 cm³/mol. The zero-order valence-corrected chi connectivity index (χ0v) is 16.0. The number of hydrogen-bond donors (Lipinski definition) is 1. The van der Waals surface area contributed by atoms with Crippen LogP contribution in [0.15, 0.2) is 33.3 Å². The third kappa shape index (κ3) is 3.89. The second-order valence-corrected chi connectivity index (χ2v) is 6.90. The van der Waals surface area contributed by atoms with Crippen LogP contribution < -0.4 is 5.32 Å². The van der Waals surface area contributed by atoms with Gasteiger partial charge in [-0.2, -0.15) is 5.10 Å². The average Bonchev–Trinajstić information content (AvgIpc) is 2.81. The van der Waals surface area contributed by atoms with E-state index < -0.39 is 0 Å². The van der Waals surface area contributed by atoms with Crippen LogP contribution in [-0.2, 0) is 6.54 Å². The van der Waals surface area contributed by atoms with Crippen LogP contribution in [0.4, 0.5) is 0 Å². The second kappa shape index (κ2) is 7.77. The van der Waals surface area contributed by atoms with E-state index in [-0.39, 0.29) is 6.04 Å². The number of aromatic nitrogens is 2. The van der Waals surface area contributed by atoms with Gasteiger partial charge in [0.2, 0.25) is 0 Å². The lowest BCUT2D eigenvalue weighted by Crippen LogP contribution is -2.25. The van der Waals surface area contributed by atoms with E-state index in [1.54, 1.807) is 0 Å². The highest BCUT2D eigenvalue weighted by molar-refractivity contribution is 9.10. The first-order valence-corrected chi connectivity index (χ1v) is 8.94. The average molecular weight is 436 g/mol. The summed E-state index contributed by atoms with van der Waals surface area (Å²) in [6.07, 6.45) is 2.89. The summed E-state index contributed by atoms with van der Waals surface area (Å²) in [5.74, 6) is 0. The molecule has 0 aliphatic heterocycles. The highest BCUT2D eigenvalue weighted by Crippen LogP contribution is 2.34. The first-order chi connectivity index (χ1) is 10.1. The van der Waals surface area contributed by atoms with E-state index in [4.69, 9.17) is 11.6 Å². The Kier molecular flexibility index (Phi) is 6.29. The monoisotopic (exact) mass is 433 g/mol. The van der Waals surface area contributed by atoms with Crippen molar-refractivity contribution in [2.24, 2.45) is 0 Å². The number of aryl methyl sites for hydroxylation is 1. The summed E-state index contributed by atoms with van der Waals surface area (Å²) < 4.78 is 4.09. The topological polar surface area (TPSA) is 29.9 Å². The fourth-order valence-corrected chi connectivity index (χ4v) is 3.52. The molecule has 0 spiro atoms. The Morgan fingerprint density at radius 2 is 2.05 bits per heavy atom. The van der Waals surface area contributed by atoms with Crippen LogP contribution in [0, 0.1) is 0 Å². The molecule has 0 aliphatic carbocycles. The largest absolute Gasteiger partial charge is 0.305 e. The summed E-state index contributed by atoms with van der Waals surface area (Å²) >= 11 is 13.4. The van der Waals surface area contributed by atoms with Crippen molar-refractivity contribution in [3.63, 3.8) is 0 Å². The van der Waals surface area contributed by atoms with E-state index in [1.807, 2.05) is 29.1 Å². The van der Waals surface area contributed by atoms with Crippen LogP contribution >= 0.6 is 43.5 Å². The molecule has 0 fully saturated rings. The molecule has 1 atom stereocenters. The van der Waals surface area contributed by atoms with E-state index in [9.17, 15) is 0 Å². The van der Waals surface area contributed by atoms with Crippen molar-refractivity contribution in [2.45, 2.75) is 32.9 Å². The van der Waals surface area contributed by atoms with Gasteiger partial charge in [-0.15, -0.1) is 0 Å². The van der Waals surface area contributed by atoms with Gasteiger partial charge >= 0.3 is 0 Å². The van der Waals surface area contributed by atoms with E-state index in [0.717, 1.165) is 44.7 Å². The van der Waals surface area contributed by atoms with Crippen molar-refractivity contribution in [1.29, 1.82) is 0 Å². The lowest BCUT2D eigenvalue weighted by Gasteiger charge is -2.22. The third-order valence-corrected chi connectivity index (χ3v) is 4.79. The van der Waals surface area contributed by atoms with E-state index in [2.05, 4.69) is 56.1 Å². The summed E-state index contributed by atoms with van der Waals surface area (Å²) in [6.45, 7) is 5.99. The highest BCUT2D eigenvalue weighted by atomic mass is 79.9. The summed E-state index contributed by atoms with van der Waals surface area (Å²) in [4.78, 5) is 0. The minimum atomic E-state index is 0.0338. The van der Waals surface area contributed by atoms with Gasteiger partial charge in [0.15, 0.2) is 0 Å². The van der Waals surface area contributed by atoms with Gasteiger partial charge in [-0.25, -0.2) is 0 Å². The number of halogens is 3. The fourth-order valence-electron chi connectivity index (χ4n) is 2.34. The van der Waals surface area contributed by atoms with Crippen LogP contribution in [0.5, 0.6) is 0 Å². The molecule has 6 heteroatoms. The third-order valence-electron chi connectivity index (χ3n) is 3.22. The lowest BCUT2D eigenvalue weighted by molar-refractivity contribution is 0.518. The van der Waals surface area contributed by atoms with Gasteiger partial charge in [0.05, 0.1) is 22.4 Å². The maximum absolute atomic E-state index is 6.18. The zero-order chi connectivity index (χ0) is 15.4. The van der Waals surface area contributed by atoms with E-state index in [1.165, 1.54) is 0 Å². The van der Waals surface area contributed by atoms with Crippen molar-refractivity contribution < 1.29 is 0 Å². The lowest BCUT2D eigenvalue weighted by atomic mass is 10.0. The molecule has 1 N–H and O–H groups in total. The molecule has 3 nitrogen and oxygen atoms in total. The minimum absolute atomic E-state index is 0.0338. The van der Waals surface area contributed by atoms with E-state index >= 15 is 0 Å². The summed E-state index contributed by atoms with van der Waals surface area (Å²) in [5, 5.41) is 8.73. The number of nitrogens with one attached hydrogen (secondary N) is 1. The Labute approximate surface area is 147 Å². The maximum atomic E-state index is 6.18. The summed E-state index contributed by atoms with van der Waals surface area (Å²) in [5.41, 5.74) is 2.24. The molecule has 114 valence electrons. The molecule has 2 aromatic rings. The number of rotatable bonds is 6. The zero-order valence-electron chi connectivity index (χ0n) is 12.0. The molecule has 0 radical (unpaired) electrons. The molecule has 21 heavy (non-hydrogen) atoms. The number of benzene rings is 1. The van der Waals surface area contributed by atoms with Crippen molar-refractivity contribution in [3.8, 4) is 0 Å². The molecule has 0 aliphatic rings. The smallest absolute Gasteiger partial charge is 0.0771 e. The molecular formula is C15H18Br2ClN3. The van der Waals surface area contributed by atoms with Gasteiger partial charge < -0.3 is 5.32 Å². The quantitative estimate of drug-likeness (QED) is 0.678. The Morgan fingerprint density at radius 1 is 1.29 bits per heavy atom. The normalized spacial score (nSPS) is 12.6. The summed E-state index contributed by atoms with van der Waals surface area (Å²) in [7, 11) is 0. The Bertz CT molecular complexity index is 613. The Hall–Kier alpha value is -0.360. The molecule has 0 amide bonds. The van der Waals surface area contributed by atoms with Gasteiger partial charge in [-0.3, -0.25) is 4.68 Å². The van der Waals surface area contributed by atoms with Crippen LogP contribution in [0.2, 0.25) is 5.02 Å². The first kappa shape index (κ1) is 17.0. The standard InChI is InChI=1S/C15H18Br2ClN3/c1-3-7-21-15(13(17)9-20-21)14(19-4-2)11-8-10(18)5-6-12(11)16/h5-6,8-9,14,19H,3-4,7H2,1-2H3. The number of nitrogens with zero attached hydrogens (tertiary/aromatic N) is 2. The van der Waals surface area contributed by atoms with Crippen molar-refractivity contribution in [2.75, 3.05) is 6.54 Å². The molecule has 2 rings (SSSR count). The first-order valence-electron chi connectivity index (χ1n) is 6.98. The molecule has 0 saturated carbocycles. The fraction of sp³-hybridized carbons (Fsp3) is 0.400. The predicted octanol–water partition coefficient (Wildman–Crippen LogP) is 5.17. The maximum Gasteiger partial charge on any atom is 0.0771 e. The van der Waals surface area contributed by atoms with Gasteiger partial charge in [-0.05, 0) is 52.7 Å². The Morgan fingerprint density at radius 3 is 2.71 bits per heavy atom. The molecule has 1 heterocycles. The Balaban J connectivity index is 2.53.